The van der Waals surface area contributed by atoms with Gasteiger partial charge < -0.3 is 10.5 Å². The molecule has 1 aliphatic carbocycles. The molecule has 0 heterocycles. The van der Waals surface area contributed by atoms with Gasteiger partial charge in [0.2, 0.25) is 0 Å². The molecule has 0 spiro atoms. The van der Waals surface area contributed by atoms with Crippen LogP contribution in [0.15, 0.2) is 35.2 Å². The zero-order valence-electron chi connectivity index (χ0n) is 13.7. The Balaban J connectivity index is 1.93. The van der Waals surface area contributed by atoms with Crippen molar-refractivity contribution in [3.63, 3.8) is 0 Å². The molecule has 1 fully saturated rings. The average molecular weight is 321 g/mol. The number of hydrogen-bond donors (Lipinski definition) is 1. The maximum Gasteiger partial charge on any atom is 0.319 e. The van der Waals surface area contributed by atoms with Crippen molar-refractivity contribution in [1.29, 1.82) is 0 Å². The fraction of sp³-hybridized carbons (Fsp3) is 0.611. The van der Waals surface area contributed by atoms with E-state index in [1.165, 1.54) is 0 Å². The SMILES string of the molecule is CCC(Sc1ccccc1)C(=O)OC1CC(C)C(N)(CC)C1. The Morgan fingerprint density at radius 2 is 2.09 bits per heavy atom. The molecule has 2 N–H and O–H groups in total. The van der Waals surface area contributed by atoms with E-state index in [2.05, 4.69) is 13.8 Å². The Bertz CT molecular complexity index is 493. The molecular weight excluding hydrogens is 294 g/mol. The lowest BCUT2D eigenvalue weighted by Gasteiger charge is -2.27. The molecular formula is C18H27NO2S. The van der Waals surface area contributed by atoms with E-state index < -0.39 is 0 Å². The van der Waals surface area contributed by atoms with E-state index in [0.717, 1.165) is 30.6 Å². The van der Waals surface area contributed by atoms with Gasteiger partial charge in [0.1, 0.15) is 11.4 Å². The molecule has 0 saturated heterocycles. The molecule has 0 radical (unpaired) electrons. The van der Waals surface area contributed by atoms with Crippen molar-refractivity contribution in [3.05, 3.63) is 30.3 Å². The van der Waals surface area contributed by atoms with Gasteiger partial charge in [-0.25, -0.2) is 0 Å². The van der Waals surface area contributed by atoms with Crippen LogP contribution < -0.4 is 5.73 Å². The minimum absolute atomic E-state index is 0.0297. The normalized spacial score (nSPS) is 29.3. The molecule has 4 unspecified atom stereocenters. The van der Waals surface area contributed by atoms with Gasteiger partial charge in [-0.05, 0) is 37.3 Å². The first-order chi connectivity index (χ1) is 10.5. The standard InChI is InChI=1S/C18H27NO2S/c1-4-16(22-15-9-7-6-8-10-15)17(20)21-14-11-13(3)18(19,5-2)12-14/h6-10,13-14,16H,4-5,11-12,19H2,1-3H3. The first-order valence-electron chi connectivity index (χ1n) is 8.19. The van der Waals surface area contributed by atoms with Crippen LogP contribution in [0.1, 0.15) is 46.5 Å². The molecule has 4 atom stereocenters. The van der Waals surface area contributed by atoms with Crippen LogP contribution in [0, 0.1) is 5.92 Å². The third-order valence-electron chi connectivity index (χ3n) is 4.80. The minimum Gasteiger partial charge on any atom is -0.461 e. The van der Waals surface area contributed by atoms with Crippen LogP contribution in [0.25, 0.3) is 0 Å². The molecule has 0 bridgehead atoms. The van der Waals surface area contributed by atoms with E-state index >= 15 is 0 Å². The van der Waals surface area contributed by atoms with Crippen LogP contribution in [0.2, 0.25) is 0 Å². The summed E-state index contributed by atoms with van der Waals surface area (Å²) in [5.41, 5.74) is 6.22. The highest BCUT2D eigenvalue weighted by Gasteiger charge is 2.42. The van der Waals surface area contributed by atoms with Crippen molar-refractivity contribution in [2.24, 2.45) is 11.7 Å². The number of thioether (sulfide) groups is 1. The summed E-state index contributed by atoms with van der Waals surface area (Å²) in [7, 11) is 0. The molecule has 2 rings (SSSR count). The molecule has 1 saturated carbocycles. The highest BCUT2D eigenvalue weighted by molar-refractivity contribution is 8.00. The van der Waals surface area contributed by atoms with Crippen LogP contribution in [-0.2, 0) is 9.53 Å². The summed E-state index contributed by atoms with van der Waals surface area (Å²) in [5, 5.41) is -0.146. The predicted molar refractivity (Wildman–Crippen MR) is 91.9 cm³/mol. The van der Waals surface area contributed by atoms with E-state index in [1.807, 2.05) is 37.3 Å². The molecule has 0 aliphatic heterocycles. The van der Waals surface area contributed by atoms with Gasteiger partial charge in [0.05, 0.1) is 0 Å². The van der Waals surface area contributed by atoms with Gasteiger partial charge in [0.25, 0.3) is 0 Å². The average Bonchev–Trinajstić information content (AvgIpc) is 2.80. The number of esters is 1. The molecule has 22 heavy (non-hydrogen) atoms. The summed E-state index contributed by atoms with van der Waals surface area (Å²) >= 11 is 1.58. The fourth-order valence-electron chi connectivity index (χ4n) is 3.12. The molecule has 1 aromatic carbocycles. The lowest BCUT2D eigenvalue weighted by atomic mass is 9.87. The molecule has 0 amide bonds. The zero-order chi connectivity index (χ0) is 16.2. The number of nitrogens with two attached hydrogens (primary N) is 1. The maximum absolute atomic E-state index is 12.5. The summed E-state index contributed by atoms with van der Waals surface area (Å²) in [6, 6.07) is 10.0. The van der Waals surface area contributed by atoms with Crippen molar-refractivity contribution >= 4 is 17.7 Å². The summed E-state index contributed by atoms with van der Waals surface area (Å²) in [6.45, 7) is 6.30. The molecule has 0 aromatic heterocycles. The van der Waals surface area contributed by atoms with E-state index in [-0.39, 0.29) is 22.9 Å². The third kappa shape index (κ3) is 4.05. The van der Waals surface area contributed by atoms with Gasteiger partial charge in [0.15, 0.2) is 0 Å². The van der Waals surface area contributed by atoms with Crippen molar-refractivity contribution in [1.82, 2.24) is 0 Å². The summed E-state index contributed by atoms with van der Waals surface area (Å²) in [5.74, 6) is 0.297. The maximum atomic E-state index is 12.5. The Kier molecular flexibility index (Phi) is 5.93. The lowest BCUT2D eigenvalue weighted by molar-refractivity contribution is -0.148. The highest BCUT2D eigenvalue weighted by atomic mass is 32.2. The van der Waals surface area contributed by atoms with Crippen LogP contribution in [0.5, 0.6) is 0 Å². The molecule has 1 aliphatic rings. The van der Waals surface area contributed by atoms with Crippen molar-refractivity contribution < 1.29 is 9.53 Å². The quantitative estimate of drug-likeness (QED) is 0.635. The van der Waals surface area contributed by atoms with E-state index in [9.17, 15) is 4.79 Å². The number of carbonyl (C=O) groups excluding carboxylic acids is 1. The van der Waals surface area contributed by atoms with Crippen LogP contribution >= 0.6 is 11.8 Å². The Labute approximate surface area is 138 Å². The Hall–Kier alpha value is -1.00. The van der Waals surface area contributed by atoms with Gasteiger partial charge in [-0.1, -0.05) is 39.0 Å². The van der Waals surface area contributed by atoms with Crippen molar-refractivity contribution in [3.8, 4) is 0 Å². The minimum atomic E-state index is -0.181. The summed E-state index contributed by atoms with van der Waals surface area (Å²) in [6.07, 6.45) is 3.32. The number of carbonyl (C=O) groups is 1. The monoisotopic (exact) mass is 321 g/mol. The van der Waals surface area contributed by atoms with Crippen LogP contribution in [0.4, 0.5) is 0 Å². The van der Waals surface area contributed by atoms with Crippen molar-refractivity contribution in [2.45, 2.75) is 68.2 Å². The fourth-order valence-corrected chi connectivity index (χ4v) is 4.08. The second-order valence-electron chi connectivity index (χ2n) is 6.31. The number of benzene rings is 1. The smallest absolute Gasteiger partial charge is 0.319 e. The number of ether oxygens (including phenoxy) is 1. The van der Waals surface area contributed by atoms with Crippen LogP contribution in [0.3, 0.4) is 0 Å². The topological polar surface area (TPSA) is 52.3 Å². The van der Waals surface area contributed by atoms with Crippen molar-refractivity contribution in [2.75, 3.05) is 0 Å². The zero-order valence-corrected chi connectivity index (χ0v) is 14.6. The van der Waals surface area contributed by atoms with Crippen LogP contribution in [-0.4, -0.2) is 22.9 Å². The highest BCUT2D eigenvalue weighted by Crippen LogP contribution is 2.38. The number of hydrogen-bond acceptors (Lipinski definition) is 4. The van der Waals surface area contributed by atoms with E-state index in [4.69, 9.17) is 10.5 Å². The predicted octanol–water partition coefficient (Wildman–Crippen LogP) is 4.01. The second-order valence-corrected chi connectivity index (χ2v) is 7.59. The van der Waals surface area contributed by atoms with Gasteiger partial charge >= 0.3 is 5.97 Å². The lowest BCUT2D eigenvalue weighted by Crippen LogP contribution is -2.42. The molecule has 3 nitrogen and oxygen atoms in total. The summed E-state index contributed by atoms with van der Waals surface area (Å²) in [4.78, 5) is 13.6. The Morgan fingerprint density at radius 1 is 1.41 bits per heavy atom. The first kappa shape index (κ1) is 17.4. The Morgan fingerprint density at radius 3 is 2.64 bits per heavy atom. The van der Waals surface area contributed by atoms with Gasteiger partial charge in [0, 0.05) is 16.9 Å². The first-order valence-corrected chi connectivity index (χ1v) is 9.07. The van der Waals surface area contributed by atoms with Gasteiger partial charge in [-0.15, -0.1) is 11.8 Å². The number of rotatable bonds is 6. The van der Waals surface area contributed by atoms with E-state index in [1.54, 1.807) is 11.8 Å². The molecule has 1 aromatic rings. The largest absolute Gasteiger partial charge is 0.461 e. The third-order valence-corrected chi connectivity index (χ3v) is 6.16. The molecule has 122 valence electrons. The van der Waals surface area contributed by atoms with Gasteiger partial charge in [-0.3, -0.25) is 4.79 Å². The van der Waals surface area contributed by atoms with Gasteiger partial charge in [-0.2, -0.15) is 0 Å². The molecule has 4 heteroatoms. The second kappa shape index (κ2) is 7.51. The van der Waals surface area contributed by atoms with E-state index in [0.29, 0.717) is 5.92 Å². The summed E-state index contributed by atoms with van der Waals surface area (Å²) < 4.78 is 5.76.